The maximum atomic E-state index is 12.9. The van der Waals surface area contributed by atoms with Gasteiger partial charge in [0.05, 0.1) is 10.7 Å². The van der Waals surface area contributed by atoms with Crippen LogP contribution in [0.25, 0.3) is 0 Å². The van der Waals surface area contributed by atoms with Gasteiger partial charge in [-0.25, -0.2) is 9.59 Å². The number of carboxylic acids is 2. The summed E-state index contributed by atoms with van der Waals surface area (Å²) in [6.07, 6.45) is -4.28. The second-order valence-corrected chi connectivity index (χ2v) is 10.3. The first kappa shape index (κ1) is 33.0. The summed E-state index contributed by atoms with van der Waals surface area (Å²) >= 11 is 1.38. The fourth-order valence-electron chi connectivity index (χ4n) is 3.61. The Morgan fingerprint density at radius 3 is 1.88 bits per heavy atom. The van der Waals surface area contributed by atoms with Crippen molar-refractivity contribution in [2.24, 2.45) is 16.6 Å². The summed E-state index contributed by atoms with van der Waals surface area (Å²) < 4.78 is 31.7. The number of carboxylic acid groups (broad SMARTS) is 2. The van der Waals surface area contributed by atoms with Gasteiger partial charge in [0.25, 0.3) is 5.91 Å². The summed E-state index contributed by atoms with van der Waals surface area (Å²) in [6, 6.07) is 23.0. The number of aliphatic imine (C=N–C) groups is 1. The number of rotatable bonds is 11. The zero-order chi connectivity index (χ0) is 30.6. The van der Waals surface area contributed by atoms with Crippen LogP contribution in [-0.2, 0) is 9.59 Å². The Hall–Kier alpha value is -4.19. The number of hydrogen-bond donors (Lipinski definition) is 4. The number of carbonyl (C=O) groups is 3. The molecule has 0 fully saturated rings. The van der Waals surface area contributed by atoms with E-state index in [0.717, 1.165) is 16.0 Å². The molecule has 0 unspecified atom stereocenters. The van der Waals surface area contributed by atoms with Crippen LogP contribution in [0.1, 0.15) is 58.3 Å². The fourth-order valence-corrected chi connectivity index (χ4v) is 4.68. The van der Waals surface area contributed by atoms with E-state index in [2.05, 4.69) is 34.6 Å². The molecule has 5 N–H and O–H groups in total. The molecule has 1 atom stereocenters. The minimum absolute atomic E-state index is 0.00602. The number of amides is 1. The number of hydrogen-bond acceptors (Lipinski definition) is 5. The first-order valence-corrected chi connectivity index (χ1v) is 13.5. The molecule has 0 spiro atoms. The Bertz CT molecular complexity index is 1270. The van der Waals surface area contributed by atoms with Crippen molar-refractivity contribution in [1.82, 2.24) is 5.32 Å². The van der Waals surface area contributed by atoms with Gasteiger partial charge in [0.1, 0.15) is 6.04 Å². The quantitative estimate of drug-likeness (QED) is 0.131. The van der Waals surface area contributed by atoms with Crippen molar-refractivity contribution in [3.63, 3.8) is 0 Å². The smallest absolute Gasteiger partial charge is 0.480 e. The molecule has 3 aromatic rings. The van der Waals surface area contributed by atoms with Crippen LogP contribution in [0.15, 0.2) is 77.8 Å². The molecule has 0 saturated carbocycles. The van der Waals surface area contributed by atoms with E-state index in [9.17, 15) is 27.9 Å². The Balaban J connectivity index is 0.000000745. The molecule has 12 heteroatoms. The molecular weight excluding hydrogens is 559 g/mol. The number of aliphatic carboxylic acids is 2. The van der Waals surface area contributed by atoms with Crippen molar-refractivity contribution in [3.05, 3.63) is 93.7 Å². The SMILES string of the molecule is CC(C)C(N)=NCCC[C@H](NC(=O)c1ccc(C(c2ccccc2)c2ccccc2)s1)C(=O)O.O=C(O)C(F)(F)F. The molecule has 2 aromatic carbocycles. The van der Waals surface area contributed by atoms with Crippen LogP contribution in [0.5, 0.6) is 0 Å². The highest BCUT2D eigenvalue weighted by molar-refractivity contribution is 7.14. The standard InChI is InChI=1S/C27H31N3O3S.C2HF3O2/c1-18(2)25(28)29-17-9-14-21(27(32)33)30-26(31)23-16-15-22(34-23)24(19-10-5-3-6-11-19)20-12-7-4-8-13-20;3-2(4,5)1(6)7/h3-8,10-13,15-16,18,21,24H,9,14,17H2,1-2H3,(H2,28,29)(H,30,31)(H,32,33);(H,6,7)/t21-;/m0./s1. The number of alkyl halides is 3. The van der Waals surface area contributed by atoms with Gasteiger partial charge in [-0.05, 0) is 36.1 Å². The Kier molecular flexibility index (Phi) is 12.5. The van der Waals surface area contributed by atoms with Gasteiger partial charge in [0.15, 0.2) is 0 Å². The summed E-state index contributed by atoms with van der Waals surface area (Å²) in [5.74, 6) is -3.50. The number of nitrogens with two attached hydrogens (primary N) is 1. The van der Waals surface area contributed by atoms with E-state index in [-0.39, 0.29) is 24.2 Å². The minimum atomic E-state index is -5.08. The van der Waals surface area contributed by atoms with E-state index in [1.807, 2.05) is 56.3 Å². The van der Waals surface area contributed by atoms with Gasteiger partial charge >= 0.3 is 18.1 Å². The normalized spacial score (nSPS) is 12.4. The number of thiophene rings is 1. The lowest BCUT2D eigenvalue weighted by Crippen LogP contribution is -2.40. The molecule has 3 rings (SSSR count). The third-order valence-electron chi connectivity index (χ3n) is 5.78. The highest BCUT2D eigenvalue weighted by Crippen LogP contribution is 2.36. The Labute approximate surface area is 239 Å². The molecule has 220 valence electrons. The summed E-state index contributed by atoms with van der Waals surface area (Å²) in [4.78, 5) is 39.3. The molecule has 1 amide bonds. The first-order chi connectivity index (χ1) is 19.3. The predicted octanol–water partition coefficient (Wildman–Crippen LogP) is 5.54. The largest absolute Gasteiger partial charge is 0.490 e. The number of halogens is 3. The molecule has 8 nitrogen and oxygen atoms in total. The van der Waals surface area contributed by atoms with Gasteiger partial charge in [-0.1, -0.05) is 74.5 Å². The van der Waals surface area contributed by atoms with Crippen LogP contribution in [0, 0.1) is 5.92 Å². The van der Waals surface area contributed by atoms with E-state index < -0.39 is 24.2 Å². The summed E-state index contributed by atoms with van der Waals surface area (Å²) in [5.41, 5.74) is 8.09. The van der Waals surface area contributed by atoms with E-state index in [1.54, 1.807) is 6.07 Å². The van der Waals surface area contributed by atoms with Crippen molar-refractivity contribution < 1.29 is 37.8 Å². The van der Waals surface area contributed by atoms with Gasteiger partial charge < -0.3 is 21.3 Å². The van der Waals surface area contributed by atoms with Crippen LogP contribution in [-0.4, -0.2) is 52.7 Å². The molecule has 0 aliphatic carbocycles. The molecule has 0 bridgehead atoms. The van der Waals surface area contributed by atoms with Gasteiger partial charge in [-0.3, -0.25) is 9.79 Å². The van der Waals surface area contributed by atoms with Crippen molar-refractivity contribution in [2.45, 2.75) is 44.8 Å². The van der Waals surface area contributed by atoms with Crippen LogP contribution in [0.2, 0.25) is 0 Å². The molecule has 1 heterocycles. The molecule has 41 heavy (non-hydrogen) atoms. The topological polar surface area (TPSA) is 142 Å². The lowest BCUT2D eigenvalue weighted by Gasteiger charge is -2.17. The molecule has 0 aliphatic rings. The maximum absolute atomic E-state index is 12.9. The number of nitrogens with one attached hydrogen (secondary N) is 1. The van der Waals surface area contributed by atoms with E-state index in [0.29, 0.717) is 23.7 Å². The second-order valence-electron chi connectivity index (χ2n) is 9.23. The minimum Gasteiger partial charge on any atom is -0.480 e. The average molecular weight is 592 g/mol. The number of nitrogens with zero attached hydrogens (tertiary/aromatic N) is 1. The van der Waals surface area contributed by atoms with Crippen LogP contribution in [0.3, 0.4) is 0 Å². The third kappa shape index (κ3) is 10.7. The Morgan fingerprint density at radius 2 is 1.44 bits per heavy atom. The number of carbonyl (C=O) groups excluding carboxylic acids is 1. The Morgan fingerprint density at radius 1 is 0.927 bits per heavy atom. The lowest BCUT2D eigenvalue weighted by molar-refractivity contribution is -0.192. The van der Waals surface area contributed by atoms with E-state index >= 15 is 0 Å². The van der Waals surface area contributed by atoms with Gasteiger partial charge in [0, 0.05) is 23.3 Å². The average Bonchev–Trinajstić information content (AvgIpc) is 3.41. The fraction of sp³-hybridized carbons (Fsp3) is 0.310. The molecule has 1 aromatic heterocycles. The molecule has 0 saturated heterocycles. The van der Waals surface area contributed by atoms with Crippen molar-refractivity contribution in [2.75, 3.05) is 6.54 Å². The van der Waals surface area contributed by atoms with Gasteiger partial charge in [0.2, 0.25) is 0 Å². The first-order valence-electron chi connectivity index (χ1n) is 12.6. The summed E-state index contributed by atoms with van der Waals surface area (Å²) in [6.45, 7) is 4.34. The van der Waals surface area contributed by atoms with Crippen molar-refractivity contribution >= 4 is 35.0 Å². The highest BCUT2D eigenvalue weighted by Gasteiger charge is 2.38. The lowest BCUT2D eigenvalue weighted by atomic mass is 9.90. The van der Waals surface area contributed by atoms with Gasteiger partial charge in [-0.2, -0.15) is 13.2 Å². The van der Waals surface area contributed by atoms with Crippen LogP contribution in [0.4, 0.5) is 13.2 Å². The third-order valence-corrected chi connectivity index (χ3v) is 6.93. The highest BCUT2D eigenvalue weighted by atomic mass is 32.1. The van der Waals surface area contributed by atoms with E-state index in [1.165, 1.54) is 11.3 Å². The zero-order valence-electron chi connectivity index (χ0n) is 22.5. The van der Waals surface area contributed by atoms with Crippen molar-refractivity contribution in [3.8, 4) is 0 Å². The van der Waals surface area contributed by atoms with E-state index in [4.69, 9.17) is 15.6 Å². The van der Waals surface area contributed by atoms with Gasteiger partial charge in [-0.15, -0.1) is 11.3 Å². The summed E-state index contributed by atoms with van der Waals surface area (Å²) in [5, 5.41) is 19.4. The maximum Gasteiger partial charge on any atom is 0.490 e. The zero-order valence-corrected chi connectivity index (χ0v) is 23.3. The number of benzene rings is 2. The summed E-state index contributed by atoms with van der Waals surface area (Å²) in [7, 11) is 0. The van der Waals surface area contributed by atoms with Crippen molar-refractivity contribution in [1.29, 1.82) is 0 Å². The monoisotopic (exact) mass is 591 g/mol. The molecular formula is C29H32F3N3O5S. The number of amidine groups is 1. The van der Waals surface area contributed by atoms with Crippen LogP contribution < -0.4 is 11.1 Å². The van der Waals surface area contributed by atoms with Crippen LogP contribution >= 0.6 is 11.3 Å². The molecule has 0 aliphatic heterocycles. The second kappa shape index (κ2) is 15.6. The predicted molar refractivity (Wildman–Crippen MR) is 151 cm³/mol. The molecule has 0 radical (unpaired) electrons.